The van der Waals surface area contributed by atoms with Crippen molar-refractivity contribution in [2.24, 2.45) is 0 Å². The lowest BCUT2D eigenvalue weighted by Crippen LogP contribution is -2.51. The van der Waals surface area contributed by atoms with Crippen LogP contribution < -0.4 is 0 Å². The molecule has 1 heterocycles. The summed E-state index contributed by atoms with van der Waals surface area (Å²) in [5.74, 6) is 0. The summed E-state index contributed by atoms with van der Waals surface area (Å²) >= 11 is 0. The fraction of sp³-hybridized carbons (Fsp3) is 1.00. The molecule has 3 heteroatoms. The summed E-state index contributed by atoms with van der Waals surface area (Å²) in [6, 6.07) is 0. The predicted octanol–water partition coefficient (Wildman–Crippen LogP) is 2.39. The van der Waals surface area contributed by atoms with Crippen LogP contribution in [0.15, 0.2) is 0 Å². The van der Waals surface area contributed by atoms with Crippen LogP contribution in [0.1, 0.15) is 39.0 Å². The van der Waals surface area contributed by atoms with Gasteiger partial charge in [0, 0.05) is 20.3 Å². The zero-order valence-electron chi connectivity index (χ0n) is 10.1. The van der Waals surface area contributed by atoms with Crippen molar-refractivity contribution in [1.82, 2.24) is 0 Å². The minimum Gasteiger partial charge on any atom is -0.385 e. The molecule has 0 bridgehead atoms. The van der Waals surface area contributed by atoms with Gasteiger partial charge in [-0.05, 0) is 19.3 Å². The quantitative estimate of drug-likeness (QED) is 0.554. The molecule has 1 fully saturated rings. The second-order valence-corrected chi connectivity index (χ2v) is 4.28. The molecule has 1 rings (SSSR count). The summed E-state index contributed by atoms with van der Waals surface area (Å²) in [6.07, 6.45) is 5.87. The Balaban J connectivity index is 1.88. The minimum atomic E-state index is 0.0620. The van der Waals surface area contributed by atoms with Crippen LogP contribution in [0.2, 0.25) is 0 Å². The van der Waals surface area contributed by atoms with Crippen LogP contribution in [-0.4, -0.2) is 39.1 Å². The summed E-state index contributed by atoms with van der Waals surface area (Å²) in [5.41, 5.74) is 0.0620. The molecule has 1 aliphatic heterocycles. The van der Waals surface area contributed by atoms with Gasteiger partial charge in [-0.25, -0.2) is 0 Å². The maximum Gasteiger partial charge on any atom is 0.114 e. The number of ether oxygens (including phenoxy) is 3. The third-order valence-corrected chi connectivity index (χ3v) is 3.03. The highest BCUT2D eigenvalue weighted by Gasteiger charge is 2.37. The molecule has 0 aliphatic carbocycles. The molecule has 0 aromatic rings. The highest BCUT2D eigenvalue weighted by atomic mass is 16.6. The van der Waals surface area contributed by atoms with Gasteiger partial charge in [-0.15, -0.1) is 0 Å². The van der Waals surface area contributed by atoms with Crippen LogP contribution in [0.5, 0.6) is 0 Å². The normalized spacial score (nSPS) is 18.8. The molecule has 0 unspecified atom stereocenters. The molecular weight excluding hydrogens is 192 g/mol. The Hall–Kier alpha value is -0.120. The average Bonchev–Trinajstić information content (AvgIpc) is 2.20. The number of hydrogen-bond acceptors (Lipinski definition) is 3. The maximum absolute atomic E-state index is 5.87. The van der Waals surface area contributed by atoms with E-state index in [1.807, 2.05) is 0 Å². The van der Waals surface area contributed by atoms with Gasteiger partial charge in [0.15, 0.2) is 0 Å². The van der Waals surface area contributed by atoms with Crippen LogP contribution in [0.4, 0.5) is 0 Å². The maximum atomic E-state index is 5.87. The third kappa shape index (κ3) is 4.49. The van der Waals surface area contributed by atoms with Crippen LogP contribution in [0.25, 0.3) is 0 Å². The van der Waals surface area contributed by atoms with E-state index in [9.17, 15) is 0 Å². The van der Waals surface area contributed by atoms with E-state index in [4.69, 9.17) is 14.2 Å². The largest absolute Gasteiger partial charge is 0.385 e. The summed E-state index contributed by atoms with van der Waals surface area (Å²) < 4.78 is 16.1. The lowest BCUT2D eigenvalue weighted by atomic mass is 9.99. The molecule has 0 spiro atoms. The van der Waals surface area contributed by atoms with Gasteiger partial charge in [0.2, 0.25) is 0 Å². The average molecular weight is 216 g/mol. The van der Waals surface area contributed by atoms with Crippen LogP contribution in [0.3, 0.4) is 0 Å². The molecule has 0 aromatic carbocycles. The standard InChI is InChI=1S/C12H24O3/c1-3-12(10-14-11-12)15-9-7-5-4-6-8-13-2/h3-11H2,1-2H3. The Kier molecular flexibility index (Phi) is 6.22. The zero-order valence-corrected chi connectivity index (χ0v) is 10.1. The molecule has 1 aliphatic rings. The Morgan fingerprint density at radius 3 is 2.20 bits per heavy atom. The van der Waals surface area contributed by atoms with Crippen molar-refractivity contribution in [3.8, 4) is 0 Å². The van der Waals surface area contributed by atoms with Gasteiger partial charge < -0.3 is 14.2 Å². The van der Waals surface area contributed by atoms with Gasteiger partial charge >= 0.3 is 0 Å². The molecule has 0 atom stereocenters. The van der Waals surface area contributed by atoms with E-state index in [0.717, 1.165) is 39.3 Å². The van der Waals surface area contributed by atoms with Crippen molar-refractivity contribution in [3.63, 3.8) is 0 Å². The Morgan fingerprint density at radius 2 is 1.73 bits per heavy atom. The van der Waals surface area contributed by atoms with E-state index in [2.05, 4.69) is 6.92 Å². The van der Waals surface area contributed by atoms with Crippen molar-refractivity contribution < 1.29 is 14.2 Å². The first kappa shape index (κ1) is 12.9. The molecule has 0 aromatic heterocycles. The van der Waals surface area contributed by atoms with Gasteiger partial charge in [-0.1, -0.05) is 19.8 Å². The fourth-order valence-electron chi connectivity index (χ4n) is 1.71. The lowest BCUT2D eigenvalue weighted by Gasteiger charge is -2.40. The molecule has 0 N–H and O–H groups in total. The van der Waals surface area contributed by atoms with Gasteiger partial charge in [-0.3, -0.25) is 0 Å². The van der Waals surface area contributed by atoms with Gasteiger partial charge in [-0.2, -0.15) is 0 Å². The molecular formula is C12H24O3. The van der Waals surface area contributed by atoms with Gasteiger partial charge in [0.1, 0.15) is 5.60 Å². The van der Waals surface area contributed by atoms with Crippen LogP contribution in [-0.2, 0) is 14.2 Å². The summed E-state index contributed by atoms with van der Waals surface area (Å²) in [7, 11) is 1.75. The van der Waals surface area contributed by atoms with Gasteiger partial charge in [0.25, 0.3) is 0 Å². The number of methoxy groups -OCH3 is 1. The number of hydrogen-bond donors (Lipinski definition) is 0. The second kappa shape index (κ2) is 7.20. The van der Waals surface area contributed by atoms with Crippen molar-refractivity contribution in [2.75, 3.05) is 33.5 Å². The van der Waals surface area contributed by atoms with Crippen LogP contribution in [0, 0.1) is 0 Å². The molecule has 1 saturated heterocycles. The Bertz CT molecular complexity index is 149. The smallest absolute Gasteiger partial charge is 0.114 e. The van der Waals surface area contributed by atoms with Crippen LogP contribution >= 0.6 is 0 Å². The number of unbranched alkanes of at least 4 members (excludes halogenated alkanes) is 3. The van der Waals surface area contributed by atoms with E-state index in [0.29, 0.717) is 0 Å². The molecule has 15 heavy (non-hydrogen) atoms. The first-order chi connectivity index (χ1) is 7.33. The van der Waals surface area contributed by atoms with E-state index >= 15 is 0 Å². The summed E-state index contributed by atoms with van der Waals surface area (Å²) in [4.78, 5) is 0. The van der Waals surface area contributed by atoms with E-state index in [-0.39, 0.29) is 5.60 Å². The highest BCUT2D eigenvalue weighted by molar-refractivity contribution is 4.85. The van der Waals surface area contributed by atoms with Crippen molar-refractivity contribution >= 4 is 0 Å². The number of rotatable bonds is 9. The molecule has 0 amide bonds. The Labute approximate surface area is 93.1 Å². The minimum absolute atomic E-state index is 0.0620. The summed E-state index contributed by atoms with van der Waals surface area (Å²) in [6.45, 7) is 5.50. The van der Waals surface area contributed by atoms with Crippen molar-refractivity contribution in [1.29, 1.82) is 0 Å². The molecule has 0 radical (unpaired) electrons. The van der Waals surface area contributed by atoms with Crippen molar-refractivity contribution in [2.45, 2.75) is 44.6 Å². The monoisotopic (exact) mass is 216 g/mol. The van der Waals surface area contributed by atoms with Crippen molar-refractivity contribution in [3.05, 3.63) is 0 Å². The predicted molar refractivity (Wildman–Crippen MR) is 60.1 cm³/mol. The summed E-state index contributed by atoms with van der Waals surface area (Å²) in [5, 5.41) is 0. The van der Waals surface area contributed by atoms with E-state index < -0.39 is 0 Å². The lowest BCUT2D eigenvalue weighted by molar-refractivity contribution is -0.211. The van der Waals surface area contributed by atoms with Gasteiger partial charge in [0.05, 0.1) is 13.2 Å². The molecule has 3 nitrogen and oxygen atoms in total. The molecule has 0 saturated carbocycles. The third-order valence-electron chi connectivity index (χ3n) is 3.03. The topological polar surface area (TPSA) is 27.7 Å². The zero-order chi connectivity index (χ0) is 11.0. The highest BCUT2D eigenvalue weighted by Crippen LogP contribution is 2.25. The SMILES string of the molecule is CCC1(OCCCCCCOC)COC1. The second-order valence-electron chi connectivity index (χ2n) is 4.28. The first-order valence-electron chi connectivity index (χ1n) is 6.03. The Morgan fingerprint density at radius 1 is 1.07 bits per heavy atom. The molecule has 90 valence electrons. The first-order valence-corrected chi connectivity index (χ1v) is 6.03. The fourth-order valence-corrected chi connectivity index (χ4v) is 1.71. The van der Waals surface area contributed by atoms with E-state index in [1.54, 1.807) is 7.11 Å². The van der Waals surface area contributed by atoms with E-state index in [1.165, 1.54) is 19.3 Å².